The summed E-state index contributed by atoms with van der Waals surface area (Å²) in [6.07, 6.45) is 0.651. The lowest BCUT2D eigenvalue weighted by Gasteiger charge is -2.37. The number of rotatable bonds is 7. The van der Waals surface area contributed by atoms with Crippen molar-refractivity contribution in [3.8, 4) is 16.2 Å². The molecule has 1 aliphatic rings. The molecule has 1 atom stereocenters. The van der Waals surface area contributed by atoms with Crippen LogP contribution in [0.5, 0.6) is 5.75 Å². The van der Waals surface area contributed by atoms with Crippen LogP contribution in [0.3, 0.4) is 0 Å². The molecule has 0 aliphatic carbocycles. The van der Waals surface area contributed by atoms with Gasteiger partial charge >= 0.3 is 0 Å². The summed E-state index contributed by atoms with van der Waals surface area (Å²) in [7, 11) is 1.59. The molecule has 1 unspecified atom stereocenters. The molecule has 1 saturated heterocycles. The molecule has 2 N–H and O–H groups in total. The van der Waals surface area contributed by atoms with E-state index in [1.165, 1.54) is 6.08 Å². The standard InChI is InChI=1S/C20H24ClN3O3S/c1-3-19(25)23-6-8-24(9-7-23)20(26)13-22-16-11-14(18-5-4-10-28-18)15(21)12-17(16)27-2/h3-5,10-12,20,22,26H,1,6-9,13H2,2H3. The topological polar surface area (TPSA) is 65.0 Å². The second-order valence-electron chi connectivity index (χ2n) is 6.44. The van der Waals surface area contributed by atoms with Gasteiger partial charge in [0, 0.05) is 42.7 Å². The first-order chi connectivity index (χ1) is 13.5. The second kappa shape index (κ2) is 9.43. The van der Waals surface area contributed by atoms with Crippen molar-refractivity contribution in [2.45, 2.75) is 6.23 Å². The van der Waals surface area contributed by atoms with Crippen molar-refractivity contribution < 1.29 is 14.6 Å². The number of benzene rings is 1. The van der Waals surface area contributed by atoms with Gasteiger partial charge in [-0.25, -0.2) is 0 Å². The molecule has 1 aromatic carbocycles. The molecule has 0 spiro atoms. The molecule has 1 fully saturated rings. The molecule has 2 aromatic rings. The van der Waals surface area contributed by atoms with E-state index in [1.54, 1.807) is 29.4 Å². The molecule has 1 aromatic heterocycles. The predicted octanol–water partition coefficient (Wildman–Crippen LogP) is 3.14. The quantitative estimate of drug-likeness (QED) is 0.672. The number of hydrogen-bond acceptors (Lipinski definition) is 6. The number of aliphatic hydroxyl groups excluding tert-OH is 1. The molecular formula is C20H24ClN3O3S. The van der Waals surface area contributed by atoms with E-state index >= 15 is 0 Å². The van der Waals surface area contributed by atoms with Crippen LogP contribution in [0.4, 0.5) is 5.69 Å². The number of amides is 1. The fraction of sp³-hybridized carbons (Fsp3) is 0.350. The highest BCUT2D eigenvalue weighted by Crippen LogP contribution is 2.38. The SMILES string of the molecule is C=CC(=O)N1CCN(C(O)CNc2cc(-c3cccs3)c(Cl)cc2OC)CC1. The Balaban J connectivity index is 1.64. The van der Waals surface area contributed by atoms with Crippen LogP contribution >= 0.6 is 22.9 Å². The third-order valence-electron chi connectivity index (χ3n) is 4.77. The van der Waals surface area contributed by atoms with Crippen LogP contribution in [0, 0.1) is 0 Å². The summed E-state index contributed by atoms with van der Waals surface area (Å²) < 4.78 is 5.44. The Morgan fingerprint density at radius 3 is 2.79 bits per heavy atom. The molecule has 1 aliphatic heterocycles. The van der Waals surface area contributed by atoms with Crippen molar-refractivity contribution in [2.75, 3.05) is 45.2 Å². The summed E-state index contributed by atoms with van der Waals surface area (Å²) >= 11 is 8.02. The van der Waals surface area contributed by atoms with Gasteiger partial charge in [0.05, 0.1) is 24.4 Å². The third kappa shape index (κ3) is 4.67. The van der Waals surface area contributed by atoms with E-state index in [0.717, 1.165) is 16.1 Å². The average Bonchev–Trinajstić information content (AvgIpc) is 3.26. The second-order valence-corrected chi connectivity index (χ2v) is 7.79. The molecule has 6 nitrogen and oxygen atoms in total. The van der Waals surface area contributed by atoms with Crippen LogP contribution in [0.2, 0.25) is 5.02 Å². The van der Waals surface area contributed by atoms with E-state index in [0.29, 0.717) is 43.5 Å². The largest absolute Gasteiger partial charge is 0.495 e. The molecule has 0 bridgehead atoms. The highest BCUT2D eigenvalue weighted by molar-refractivity contribution is 7.13. The number of hydrogen-bond donors (Lipinski definition) is 2. The molecule has 0 radical (unpaired) electrons. The zero-order valence-corrected chi connectivity index (χ0v) is 17.3. The number of halogens is 1. The molecule has 2 heterocycles. The van der Waals surface area contributed by atoms with E-state index in [2.05, 4.69) is 11.9 Å². The zero-order chi connectivity index (χ0) is 20.1. The molecular weight excluding hydrogens is 398 g/mol. The fourth-order valence-corrected chi connectivity index (χ4v) is 4.25. The number of anilines is 1. The van der Waals surface area contributed by atoms with Gasteiger partial charge in [0.25, 0.3) is 0 Å². The Hall–Kier alpha value is -2.06. The van der Waals surface area contributed by atoms with E-state index in [1.807, 2.05) is 28.5 Å². The van der Waals surface area contributed by atoms with Gasteiger partial charge in [-0.15, -0.1) is 11.3 Å². The Kier molecular flexibility index (Phi) is 6.96. The molecule has 8 heteroatoms. The number of carbonyl (C=O) groups excluding carboxylic acids is 1. The minimum atomic E-state index is -0.674. The van der Waals surface area contributed by atoms with Crippen molar-refractivity contribution in [3.63, 3.8) is 0 Å². The summed E-state index contributed by atoms with van der Waals surface area (Å²) in [6, 6.07) is 7.72. The summed E-state index contributed by atoms with van der Waals surface area (Å²) in [6.45, 7) is 6.23. The van der Waals surface area contributed by atoms with Gasteiger partial charge in [-0.3, -0.25) is 9.69 Å². The minimum Gasteiger partial charge on any atom is -0.495 e. The Morgan fingerprint density at radius 1 is 1.43 bits per heavy atom. The van der Waals surface area contributed by atoms with Gasteiger partial charge in [0.15, 0.2) is 0 Å². The van der Waals surface area contributed by atoms with E-state index in [4.69, 9.17) is 16.3 Å². The average molecular weight is 422 g/mol. The van der Waals surface area contributed by atoms with Crippen molar-refractivity contribution >= 4 is 34.5 Å². The number of nitrogens with zero attached hydrogens (tertiary/aromatic N) is 2. The molecule has 150 valence electrons. The first-order valence-corrected chi connectivity index (χ1v) is 10.3. The van der Waals surface area contributed by atoms with Gasteiger partial charge in [-0.2, -0.15) is 0 Å². The van der Waals surface area contributed by atoms with Gasteiger partial charge in [-0.1, -0.05) is 24.2 Å². The summed E-state index contributed by atoms with van der Waals surface area (Å²) in [5.41, 5.74) is 1.70. The van der Waals surface area contributed by atoms with Crippen LogP contribution in [-0.2, 0) is 4.79 Å². The van der Waals surface area contributed by atoms with Crippen LogP contribution in [0.1, 0.15) is 0 Å². The monoisotopic (exact) mass is 421 g/mol. The van der Waals surface area contributed by atoms with E-state index < -0.39 is 6.23 Å². The molecule has 0 saturated carbocycles. The first-order valence-electron chi connectivity index (χ1n) is 9.02. The molecule has 3 rings (SSSR count). The Bertz CT molecular complexity index is 820. The van der Waals surface area contributed by atoms with Crippen molar-refractivity contribution in [1.82, 2.24) is 9.80 Å². The Labute approximate surface area is 174 Å². The number of ether oxygens (including phenoxy) is 1. The lowest BCUT2D eigenvalue weighted by molar-refractivity contribution is -0.129. The number of piperazine rings is 1. The van der Waals surface area contributed by atoms with Crippen LogP contribution in [0.25, 0.3) is 10.4 Å². The van der Waals surface area contributed by atoms with Crippen LogP contribution in [-0.4, -0.2) is 66.9 Å². The van der Waals surface area contributed by atoms with Gasteiger partial charge in [0.2, 0.25) is 5.91 Å². The lowest BCUT2D eigenvalue weighted by atomic mass is 10.1. The highest BCUT2D eigenvalue weighted by Gasteiger charge is 2.24. The van der Waals surface area contributed by atoms with Crippen LogP contribution < -0.4 is 10.1 Å². The predicted molar refractivity (Wildman–Crippen MR) is 114 cm³/mol. The van der Waals surface area contributed by atoms with Crippen molar-refractivity contribution in [1.29, 1.82) is 0 Å². The fourth-order valence-electron chi connectivity index (χ4n) is 3.18. The number of carbonyl (C=O) groups is 1. The first kappa shape index (κ1) is 20.7. The zero-order valence-electron chi connectivity index (χ0n) is 15.7. The third-order valence-corrected chi connectivity index (χ3v) is 5.99. The van der Waals surface area contributed by atoms with Gasteiger partial charge < -0.3 is 20.1 Å². The summed E-state index contributed by atoms with van der Waals surface area (Å²) in [5.74, 6) is 0.554. The number of thiophene rings is 1. The number of methoxy groups -OCH3 is 1. The molecule has 28 heavy (non-hydrogen) atoms. The normalized spacial score (nSPS) is 15.9. The lowest BCUT2D eigenvalue weighted by Crippen LogP contribution is -2.53. The Morgan fingerprint density at radius 2 is 2.18 bits per heavy atom. The molecule has 1 amide bonds. The maximum Gasteiger partial charge on any atom is 0.246 e. The van der Waals surface area contributed by atoms with Gasteiger partial charge in [0.1, 0.15) is 12.0 Å². The maximum absolute atomic E-state index is 11.7. The minimum absolute atomic E-state index is 0.0701. The number of aliphatic hydroxyl groups is 1. The van der Waals surface area contributed by atoms with Crippen LogP contribution in [0.15, 0.2) is 42.3 Å². The smallest absolute Gasteiger partial charge is 0.246 e. The summed E-state index contributed by atoms with van der Waals surface area (Å²) in [5, 5.41) is 16.5. The highest BCUT2D eigenvalue weighted by atomic mass is 35.5. The van der Waals surface area contributed by atoms with Gasteiger partial charge in [-0.05, 0) is 23.6 Å². The van der Waals surface area contributed by atoms with E-state index in [-0.39, 0.29) is 5.91 Å². The van der Waals surface area contributed by atoms with E-state index in [9.17, 15) is 9.90 Å². The summed E-state index contributed by atoms with van der Waals surface area (Å²) in [4.78, 5) is 16.4. The number of nitrogens with one attached hydrogen (secondary N) is 1. The maximum atomic E-state index is 11.7. The van der Waals surface area contributed by atoms with Crippen molar-refractivity contribution in [2.24, 2.45) is 0 Å². The van der Waals surface area contributed by atoms with Crippen molar-refractivity contribution in [3.05, 3.63) is 47.3 Å².